The molecule has 0 aliphatic carbocycles. The molecule has 2 amide bonds. The van der Waals surface area contributed by atoms with Gasteiger partial charge in [-0.3, -0.25) is 19.4 Å². The van der Waals surface area contributed by atoms with Crippen LogP contribution in [0.25, 0.3) is 0 Å². The lowest BCUT2D eigenvalue weighted by Gasteiger charge is -2.30. The molecule has 9 heteroatoms. The molecule has 3 N–H and O–H groups in total. The Labute approximate surface area is 196 Å². The van der Waals surface area contributed by atoms with Gasteiger partial charge in [-0.15, -0.1) is 0 Å². The molecule has 34 heavy (non-hydrogen) atoms. The quantitative estimate of drug-likeness (QED) is 0.552. The van der Waals surface area contributed by atoms with Crippen LogP contribution in [-0.2, 0) is 22.6 Å². The number of hydrogen-bond donors (Lipinski definition) is 3. The van der Waals surface area contributed by atoms with E-state index in [1.807, 2.05) is 30.0 Å². The van der Waals surface area contributed by atoms with E-state index >= 15 is 0 Å². The molecule has 2 aliphatic rings. The normalized spacial score (nSPS) is 16.8. The smallest absolute Gasteiger partial charge is 0.258 e. The van der Waals surface area contributed by atoms with E-state index in [2.05, 4.69) is 32.7 Å². The summed E-state index contributed by atoms with van der Waals surface area (Å²) >= 11 is 0. The fraction of sp³-hybridized carbons (Fsp3) is 0.280. The number of ether oxygens (including phenoxy) is 1. The third-order valence-electron chi connectivity index (χ3n) is 6.30. The van der Waals surface area contributed by atoms with E-state index in [1.165, 1.54) is 18.2 Å². The van der Waals surface area contributed by atoms with E-state index in [0.29, 0.717) is 30.5 Å². The van der Waals surface area contributed by atoms with Crippen LogP contribution in [0.15, 0.2) is 47.3 Å². The molecule has 1 aromatic heterocycles. The largest absolute Gasteiger partial charge is 0.495 e. The number of methoxy groups -OCH3 is 1. The first-order valence-electron chi connectivity index (χ1n) is 11.1. The van der Waals surface area contributed by atoms with E-state index in [9.17, 15) is 14.4 Å². The van der Waals surface area contributed by atoms with Crippen LogP contribution in [0.3, 0.4) is 0 Å². The second-order valence-electron chi connectivity index (χ2n) is 8.59. The summed E-state index contributed by atoms with van der Waals surface area (Å²) in [5, 5.41) is 5.49. The number of carbonyl (C=O) groups excluding carboxylic acids is 2. The minimum atomic E-state index is -0.971. The fourth-order valence-corrected chi connectivity index (χ4v) is 4.55. The molecular formula is C25H25N5O4. The molecule has 0 saturated carbocycles. The number of rotatable bonds is 4. The Bertz CT molecular complexity index is 1350. The molecule has 0 spiro atoms. The summed E-state index contributed by atoms with van der Waals surface area (Å²) < 4.78 is 5.33. The summed E-state index contributed by atoms with van der Waals surface area (Å²) in [5.74, 6) is -0.803. The molecule has 1 atom stereocenters. The van der Waals surface area contributed by atoms with Gasteiger partial charge in [0.2, 0.25) is 17.8 Å². The number of carbonyl (C=O) groups is 2. The number of aromatic nitrogens is 2. The predicted molar refractivity (Wildman–Crippen MR) is 128 cm³/mol. The summed E-state index contributed by atoms with van der Waals surface area (Å²) in [5.41, 5.74) is 3.58. The Hall–Kier alpha value is -4.14. The molecule has 2 aliphatic heterocycles. The zero-order valence-corrected chi connectivity index (χ0v) is 19.0. The van der Waals surface area contributed by atoms with Crippen molar-refractivity contribution in [1.29, 1.82) is 0 Å². The van der Waals surface area contributed by atoms with Gasteiger partial charge in [0.05, 0.1) is 24.3 Å². The molecule has 2 aromatic carbocycles. The second kappa shape index (κ2) is 8.66. The SMILES string of the molecule is COc1ccc(C)cc1NC(=O)[C@H]1CC(=O)Nc2nc(N3CCc4ccccc4C3)[nH]c(=O)c21. The van der Waals surface area contributed by atoms with Gasteiger partial charge in [-0.05, 0) is 42.2 Å². The lowest BCUT2D eigenvalue weighted by atomic mass is 9.92. The molecule has 0 radical (unpaired) electrons. The van der Waals surface area contributed by atoms with Crippen LogP contribution in [0.5, 0.6) is 5.75 Å². The van der Waals surface area contributed by atoms with E-state index in [4.69, 9.17) is 4.74 Å². The summed E-state index contributed by atoms with van der Waals surface area (Å²) in [6.07, 6.45) is 0.681. The number of nitrogens with one attached hydrogen (secondary N) is 3. The maximum absolute atomic E-state index is 13.2. The molecule has 174 valence electrons. The number of amides is 2. The number of fused-ring (bicyclic) bond motifs is 2. The van der Waals surface area contributed by atoms with Crippen molar-refractivity contribution in [2.75, 3.05) is 29.2 Å². The molecule has 5 rings (SSSR count). The van der Waals surface area contributed by atoms with Crippen LogP contribution in [0.1, 0.15) is 34.6 Å². The van der Waals surface area contributed by atoms with Gasteiger partial charge in [0, 0.05) is 19.5 Å². The average Bonchev–Trinajstić information content (AvgIpc) is 2.83. The number of aromatic amines is 1. The Morgan fingerprint density at radius 3 is 2.76 bits per heavy atom. The highest BCUT2D eigenvalue weighted by molar-refractivity contribution is 6.05. The Balaban J connectivity index is 1.45. The van der Waals surface area contributed by atoms with Gasteiger partial charge in [0.25, 0.3) is 5.56 Å². The van der Waals surface area contributed by atoms with Crippen molar-refractivity contribution in [3.05, 3.63) is 75.1 Å². The zero-order valence-electron chi connectivity index (χ0n) is 19.0. The number of benzene rings is 2. The highest BCUT2D eigenvalue weighted by Gasteiger charge is 2.35. The molecule has 0 saturated heterocycles. The average molecular weight is 460 g/mol. The number of H-pyrrole nitrogens is 1. The first-order valence-corrected chi connectivity index (χ1v) is 11.1. The monoisotopic (exact) mass is 459 g/mol. The topological polar surface area (TPSA) is 116 Å². The van der Waals surface area contributed by atoms with E-state index in [0.717, 1.165) is 12.0 Å². The Morgan fingerprint density at radius 1 is 1.18 bits per heavy atom. The molecule has 3 heterocycles. The molecular weight excluding hydrogens is 434 g/mol. The van der Waals surface area contributed by atoms with Crippen LogP contribution < -0.4 is 25.8 Å². The number of hydrogen-bond acceptors (Lipinski definition) is 6. The highest BCUT2D eigenvalue weighted by Crippen LogP contribution is 2.33. The van der Waals surface area contributed by atoms with Crippen LogP contribution in [0, 0.1) is 6.92 Å². The first-order chi connectivity index (χ1) is 16.4. The van der Waals surface area contributed by atoms with Gasteiger partial charge in [-0.1, -0.05) is 30.3 Å². The lowest BCUT2D eigenvalue weighted by molar-refractivity contribution is -0.123. The van der Waals surface area contributed by atoms with Crippen molar-refractivity contribution in [2.45, 2.75) is 32.2 Å². The molecule has 0 fully saturated rings. The van der Waals surface area contributed by atoms with Gasteiger partial charge in [-0.25, -0.2) is 0 Å². The van der Waals surface area contributed by atoms with E-state index in [1.54, 1.807) is 12.1 Å². The number of nitrogens with zero attached hydrogens (tertiary/aromatic N) is 2. The number of aryl methyl sites for hydroxylation is 1. The van der Waals surface area contributed by atoms with Crippen molar-refractivity contribution in [1.82, 2.24) is 9.97 Å². The van der Waals surface area contributed by atoms with Crippen LogP contribution in [0.2, 0.25) is 0 Å². The van der Waals surface area contributed by atoms with Crippen molar-refractivity contribution in [2.24, 2.45) is 0 Å². The molecule has 0 bridgehead atoms. The summed E-state index contributed by atoms with van der Waals surface area (Å²) in [7, 11) is 1.51. The third-order valence-corrected chi connectivity index (χ3v) is 6.30. The second-order valence-corrected chi connectivity index (χ2v) is 8.59. The number of anilines is 3. The third kappa shape index (κ3) is 4.00. The Morgan fingerprint density at radius 2 is 1.97 bits per heavy atom. The van der Waals surface area contributed by atoms with Gasteiger partial charge >= 0.3 is 0 Å². The minimum Gasteiger partial charge on any atom is -0.495 e. The summed E-state index contributed by atoms with van der Waals surface area (Å²) in [4.78, 5) is 48.1. The van der Waals surface area contributed by atoms with E-state index in [-0.39, 0.29) is 23.7 Å². The first kappa shape index (κ1) is 21.7. The summed E-state index contributed by atoms with van der Waals surface area (Å²) in [6.45, 7) is 3.18. The molecule has 0 unspecified atom stereocenters. The van der Waals surface area contributed by atoms with Gasteiger partial charge in [-0.2, -0.15) is 4.98 Å². The zero-order chi connectivity index (χ0) is 23.8. The van der Waals surface area contributed by atoms with Gasteiger partial charge in [0.15, 0.2) is 0 Å². The van der Waals surface area contributed by atoms with Crippen molar-refractivity contribution in [3.63, 3.8) is 0 Å². The summed E-state index contributed by atoms with van der Waals surface area (Å²) in [6, 6.07) is 13.6. The standard InChI is InChI=1S/C25H25N5O4/c1-14-7-8-19(34-2)18(11-14)26-23(32)17-12-20(31)27-22-21(17)24(33)29-25(28-22)30-10-9-15-5-3-4-6-16(15)13-30/h3-8,11,17H,9-10,12-13H2,1-2H3,(H,26,32)(H2,27,28,29,31,33)/t17-/m0/s1. The van der Waals surface area contributed by atoms with Gasteiger partial charge in [0.1, 0.15) is 11.6 Å². The van der Waals surface area contributed by atoms with Crippen molar-refractivity contribution < 1.29 is 14.3 Å². The highest BCUT2D eigenvalue weighted by atomic mass is 16.5. The molecule has 9 nitrogen and oxygen atoms in total. The van der Waals surface area contributed by atoms with Crippen LogP contribution >= 0.6 is 0 Å². The minimum absolute atomic E-state index is 0.130. The maximum Gasteiger partial charge on any atom is 0.258 e. The molecule has 3 aromatic rings. The Kier molecular flexibility index (Phi) is 5.53. The van der Waals surface area contributed by atoms with E-state index < -0.39 is 17.4 Å². The van der Waals surface area contributed by atoms with Gasteiger partial charge < -0.3 is 20.3 Å². The van der Waals surface area contributed by atoms with Crippen molar-refractivity contribution in [3.8, 4) is 5.75 Å². The predicted octanol–water partition coefficient (Wildman–Crippen LogP) is 2.71. The van der Waals surface area contributed by atoms with Crippen LogP contribution in [0.4, 0.5) is 17.5 Å². The van der Waals surface area contributed by atoms with Crippen LogP contribution in [-0.4, -0.2) is 35.4 Å². The van der Waals surface area contributed by atoms with Crippen molar-refractivity contribution >= 4 is 29.3 Å². The maximum atomic E-state index is 13.2. The lowest BCUT2D eigenvalue weighted by Crippen LogP contribution is -2.39. The fourth-order valence-electron chi connectivity index (χ4n) is 4.55.